The fourth-order valence-electron chi connectivity index (χ4n) is 1.93. The van der Waals surface area contributed by atoms with Crippen molar-refractivity contribution in [3.8, 4) is 0 Å². The minimum absolute atomic E-state index is 5.16. The summed E-state index contributed by atoms with van der Waals surface area (Å²) in [5.41, 5.74) is 0. The Morgan fingerprint density at radius 2 is 0.641 bits per heavy atom. The zero-order valence-corrected chi connectivity index (χ0v) is 17.2. The summed E-state index contributed by atoms with van der Waals surface area (Å²) in [6.45, 7) is 0. The van der Waals surface area contributed by atoms with E-state index in [2.05, 4.69) is 0 Å². The van der Waals surface area contributed by atoms with Gasteiger partial charge in [-0.2, -0.15) is 105 Å². The smallest absolute Gasteiger partial charge is 0.281 e. The minimum atomic E-state index is -9.48. The fraction of sp³-hybridized carbons (Fsp3) is 0.833. The van der Waals surface area contributed by atoms with Crippen LogP contribution in [0.15, 0.2) is 11.7 Å². The highest BCUT2D eigenvalue weighted by Gasteiger charge is 2.97. The first kappa shape index (κ1) is 37.0. The minimum Gasteiger partial charge on any atom is -0.281 e. The molecule has 0 aliphatic carbocycles. The molecule has 0 rings (SSSR count). The molecule has 0 saturated heterocycles. The maximum atomic E-state index is 13.5. The van der Waals surface area contributed by atoms with Crippen molar-refractivity contribution in [1.82, 2.24) is 0 Å². The van der Waals surface area contributed by atoms with E-state index in [-0.39, 0.29) is 0 Å². The Bertz CT molecular complexity index is 1080. The van der Waals surface area contributed by atoms with Crippen molar-refractivity contribution in [2.24, 2.45) is 0 Å². The molecule has 0 spiro atoms. The lowest BCUT2D eigenvalue weighted by Crippen LogP contribution is -2.76. The molecule has 0 aromatic heterocycles. The van der Waals surface area contributed by atoms with Crippen LogP contribution in [0, 0.1) is 0 Å². The summed E-state index contributed by atoms with van der Waals surface area (Å²) in [5.74, 6) is -83.8. The Balaban J connectivity index is 7.36. The highest BCUT2D eigenvalue weighted by atomic mass is 32.2. The van der Waals surface area contributed by atoms with Crippen LogP contribution in [0.4, 0.5) is 101 Å². The molecule has 0 unspecified atom stereocenters. The lowest BCUT2D eigenvalue weighted by Gasteiger charge is -2.44. The van der Waals surface area contributed by atoms with Crippen LogP contribution in [0.3, 0.4) is 0 Å². The first-order chi connectivity index (χ1) is 16.3. The molecule has 0 aliphatic heterocycles. The molecule has 0 amide bonds. The summed E-state index contributed by atoms with van der Waals surface area (Å²) in [5, 5.41) is -8.12. The standard InChI is InChI=1S/C12HF23O3S/c13-1(2(14)4(17,18)19)3(15,16)5(20,21)6(22,23)7(24,25)8(26,27)9(28,29)10(30,31)11(32,33)12(34,35)39(36,37)38/h(H,36,37,38). The Morgan fingerprint density at radius 1 is 0.410 bits per heavy atom. The van der Waals surface area contributed by atoms with Crippen LogP contribution in [0.25, 0.3) is 0 Å². The molecule has 27 heteroatoms. The van der Waals surface area contributed by atoms with Crippen molar-refractivity contribution in [3.63, 3.8) is 0 Å². The first-order valence-electron chi connectivity index (χ1n) is 7.82. The maximum Gasteiger partial charge on any atom is 0.445 e. The molecule has 39 heavy (non-hydrogen) atoms. The average Bonchev–Trinajstić information content (AvgIpc) is 2.69. The van der Waals surface area contributed by atoms with Gasteiger partial charge in [-0.15, -0.1) is 0 Å². The predicted molar refractivity (Wildman–Crippen MR) is 71.4 cm³/mol. The number of rotatable bonds is 10. The second-order valence-electron chi connectivity index (χ2n) is 6.71. The molecular formula is C12HF23O3S. The molecular weight excluding hydrogens is 661 g/mol. The Kier molecular flexibility index (Phi) is 8.57. The SMILES string of the molecule is O=S(=O)(O)C(F)(F)C(F)(F)C(F)(F)C(F)(F)C(F)(F)C(F)(F)C(F)(F)C(F)(F)C(F)(F)C(F)=C(F)C(F)(F)F. The van der Waals surface area contributed by atoms with Gasteiger partial charge in [0, 0.05) is 0 Å². The van der Waals surface area contributed by atoms with Crippen LogP contribution >= 0.6 is 0 Å². The third-order valence-electron chi connectivity index (χ3n) is 4.17. The average molecular weight is 662 g/mol. The molecule has 0 aromatic carbocycles. The largest absolute Gasteiger partial charge is 0.445 e. The van der Waals surface area contributed by atoms with Crippen molar-refractivity contribution in [2.75, 3.05) is 0 Å². The zero-order chi connectivity index (χ0) is 32.7. The number of alkyl halides is 21. The van der Waals surface area contributed by atoms with Crippen LogP contribution in [-0.4, -0.2) is 71.8 Å². The molecule has 0 aliphatic rings. The second-order valence-corrected chi connectivity index (χ2v) is 8.18. The molecule has 0 saturated carbocycles. The van der Waals surface area contributed by atoms with E-state index in [1.807, 2.05) is 0 Å². The van der Waals surface area contributed by atoms with E-state index in [1.165, 1.54) is 0 Å². The van der Waals surface area contributed by atoms with E-state index in [0.29, 0.717) is 0 Å². The Labute approximate surface area is 195 Å². The van der Waals surface area contributed by atoms with Gasteiger partial charge in [-0.25, -0.2) is 4.39 Å². The van der Waals surface area contributed by atoms with Crippen LogP contribution in [0.2, 0.25) is 0 Å². The van der Waals surface area contributed by atoms with Crippen LogP contribution in [0.1, 0.15) is 0 Å². The second kappa shape index (κ2) is 9.02. The van der Waals surface area contributed by atoms with Crippen molar-refractivity contribution < 1.29 is 114 Å². The van der Waals surface area contributed by atoms with Crippen molar-refractivity contribution in [1.29, 1.82) is 0 Å². The van der Waals surface area contributed by atoms with E-state index >= 15 is 0 Å². The van der Waals surface area contributed by atoms with Gasteiger partial charge in [0.25, 0.3) is 0 Å². The van der Waals surface area contributed by atoms with Gasteiger partial charge in [-0.3, -0.25) is 4.55 Å². The monoisotopic (exact) mass is 662 g/mol. The van der Waals surface area contributed by atoms with E-state index in [9.17, 15) is 109 Å². The maximum absolute atomic E-state index is 13.5. The van der Waals surface area contributed by atoms with Gasteiger partial charge >= 0.3 is 68.9 Å². The molecule has 0 heterocycles. The molecule has 1 N–H and O–H groups in total. The molecule has 0 bridgehead atoms. The molecule has 3 nitrogen and oxygen atoms in total. The Morgan fingerprint density at radius 3 is 0.872 bits per heavy atom. The van der Waals surface area contributed by atoms with E-state index in [0.717, 1.165) is 0 Å². The highest BCUT2D eigenvalue weighted by Crippen LogP contribution is 2.66. The third-order valence-corrected chi connectivity index (χ3v) is 5.07. The van der Waals surface area contributed by atoms with Gasteiger partial charge in [0.2, 0.25) is 11.7 Å². The molecule has 0 fully saturated rings. The predicted octanol–water partition coefficient (Wildman–Crippen LogP) is 7.26. The zero-order valence-electron chi connectivity index (χ0n) is 16.4. The number of halogens is 23. The van der Waals surface area contributed by atoms with Crippen LogP contribution in [0.5, 0.6) is 0 Å². The summed E-state index contributed by atoms with van der Waals surface area (Å²) in [6, 6.07) is 0. The Hall–Kier alpha value is -1.96. The van der Waals surface area contributed by atoms with Crippen molar-refractivity contribution in [2.45, 2.75) is 58.8 Å². The number of hydrogen-bond acceptors (Lipinski definition) is 2. The number of hydrogen-bond donors (Lipinski definition) is 1. The quantitative estimate of drug-likeness (QED) is 0.198. The summed E-state index contributed by atoms with van der Waals surface area (Å²) in [6.07, 6.45) is -7.20. The van der Waals surface area contributed by atoms with Crippen molar-refractivity contribution in [3.05, 3.63) is 11.7 Å². The van der Waals surface area contributed by atoms with Gasteiger partial charge in [0.15, 0.2) is 0 Å². The van der Waals surface area contributed by atoms with Crippen LogP contribution in [-0.2, 0) is 10.1 Å². The van der Waals surface area contributed by atoms with E-state index in [4.69, 9.17) is 4.55 Å². The van der Waals surface area contributed by atoms with Gasteiger partial charge in [-0.1, -0.05) is 0 Å². The van der Waals surface area contributed by atoms with E-state index in [1.54, 1.807) is 0 Å². The molecule has 0 atom stereocenters. The lowest BCUT2D eigenvalue weighted by atomic mass is 9.87. The molecule has 0 aromatic rings. The first-order valence-corrected chi connectivity index (χ1v) is 9.26. The topological polar surface area (TPSA) is 54.4 Å². The highest BCUT2D eigenvalue weighted by molar-refractivity contribution is 7.87. The molecule has 234 valence electrons. The van der Waals surface area contributed by atoms with Crippen LogP contribution < -0.4 is 0 Å². The summed E-state index contributed by atoms with van der Waals surface area (Å²) in [4.78, 5) is 0. The lowest BCUT2D eigenvalue weighted by molar-refractivity contribution is -0.457. The summed E-state index contributed by atoms with van der Waals surface area (Å²) >= 11 is 0. The summed E-state index contributed by atoms with van der Waals surface area (Å²) in [7, 11) is -8.16. The normalized spacial score (nSPS) is 17.3. The van der Waals surface area contributed by atoms with Gasteiger partial charge < -0.3 is 0 Å². The summed E-state index contributed by atoms with van der Waals surface area (Å²) < 4.78 is 328. The fourth-order valence-corrected chi connectivity index (χ4v) is 2.38. The third kappa shape index (κ3) is 4.62. The van der Waals surface area contributed by atoms with E-state index < -0.39 is 80.6 Å². The number of allylic oxidation sites excluding steroid dienone is 2. The molecule has 0 radical (unpaired) electrons. The van der Waals surface area contributed by atoms with Gasteiger partial charge in [-0.05, 0) is 0 Å². The van der Waals surface area contributed by atoms with Gasteiger partial charge in [0.05, 0.1) is 0 Å². The van der Waals surface area contributed by atoms with Gasteiger partial charge in [0.1, 0.15) is 0 Å². The van der Waals surface area contributed by atoms with Crippen molar-refractivity contribution >= 4 is 10.1 Å².